The third kappa shape index (κ3) is 8.31. The molecular weight excluding hydrogens is 314 g/mol. The Kier molecular flexibility index (Phi) is 9.49. The van der Waals surface area contributed by atoms with Crippen LogP contribution in [0, 0.1) is 12.1 Å². The van der Waals surface area contributed by atoms with Crippen molar-refractivity contribution in [3.8, 4) is 0 Å². The lowest BCUT2D eigenvalue weighted by molar-refractivity contribution is 1.00. The van der Waals surface area contributed by atoms with E-state index >= 15 is 0 Å². The average molecular weight is 336 g/mol. The molecule has 0 saturated heterocycles. The summed E-state index contributed by atoms with van der Waals surface area (Å²) in [5.41, 5.74) is 1.34. The van der Waals surface area contributed by atoms with E-state index in [0.717, 1.165) is 27.7 Å². The van der Waals surface area contributed by atoms with Crippen LogP contribution in [0.4, 0.5) is 0 Å². The second-order valence-corrected chi connectivity index (χ2v) is 7.82. The largest absolute Gasteiger partial charge is 0.286 e. The summed E-state index contributed by atoms with van der Waals surface area (Å²) in [6.07, 6.45) is 2.22. The molecule has 0 bridgehead atoms. The first-order chi connectivity index (χ1) is 10.2. The zero-order chi connectivity index (χ0) is 15.5. The summed E-state index contributed by atoms with van der Waals surface area (Å²) in [7, 11) is 1.87. The molecule has 1 aromatic rings. The molecule has 1 rings (SSSR count). The van der Waals surface area contributed by atoms with E-state index in [1.165, 1.54) is 10.6 Å². The minimum absolute atomic E-state index is 0.992. The molecule has 0 N–H and O–H groups in total. The van der Waals surface area contributed by atoms with Crippen LogP contribution in [-0.2, 0) is 0 Å². The molecule has 0 aliphatic rings. The van der Waals surface area contributed by atoms with Crippen LogP contribution >= 0.6 is 35.3 Å². The summed E-state index contributed by atoms with van der Waals surface area (Å²) < 4.78 is 1.07. The summed E-state index contributed by atoms with van der Waals surface area (Å²) in [5.74, 6) is 0.992. The smallest absolute Gasteiger partial charge is 0.0675 e. The van der Waals surface area contributed by atoms with Gasteiger partial charge in [-0.2, -0.15) is 0 Å². The van der Waals surface area contributed by atoms with Gasteiger partial charge in [-0.3, -0.25) is 4.99 Å². The monoisotopic (exact) mass is 335 g/mol. The van der Waals surface area contributed by atoms with E-state index < -0.39 is 0 Å². The Morgan fingerprint density at radius 3 is 2.86 bits per heavy atom. The fraction of sp³-hybridized carbons (Fsp3) is 0.353. The Hall–Kier alpha value is -0.760. The Labute approximate surface area is 141 Å². The number of hydrogen-bond acceptors (Lipinski definition) is 4. The lowest BCUT2D eigenvalue weighted by Gasteiger charge is -2.05. The summed E-state index contributed by atoms with van der Waals surface area (Å²) in [6.45, 7) is 8.43. The van der Waals surface area contributed by atoms with Crippen molar-refractivity contribution in [3.63, 3.8) is 0 Å². The molecule has 0 heterocycles. The zero-order valence-electron chi connectivity index (χ0n) is 12.8. The third-order valence-electron chi connectivity index (χ3n) is 2.43. The van der Waals surface area contributed by atoms with E-state index in [1.54, 1.807) is 23.5 Å². The van der Waals surface area contributed by atoms with Crippen molar-refractivity contribution in [2.24, 2.45) is 4.99 Å². The van der Waals surface area contributed by atoms with Gasteiger partial charge in [0.05, 0.1) is 5.04 Å². The highest BCUT2D eigenvalue weighted by molar-refractivity contribution is 8.23. The SMILES string of the molecule is C=C(S/C=C(\C)CSC(CCC)=NC)Sc1cc#ccc1. The minimum Gasteiger partial charge on any atom is -0.286 e. The minimum atomic E-state index is 0.992. The van der Waals surface area contributed by atoms with Crippen LogP contribution in [0.2, 0.25) is 0 Å². The normalized spacial score (nSPS) is 12.1. The predicted molar refractivity (Wildman–Crippen MR) is 101 cm³/mol. The Bertz CT molecular complexity index is 492. The maximum absolute atomic E-state index is 4.32. The molecule has 1 aromatic carbocycles. The molecule has 0 unspecified atom stereocenters. The molecule has 0 spiro atoms. The van der Waals surface area contributed by atoms with Crippen molar-refractivity contribution in [3.05, 3.63) is 52.1 Å². The number of nitrogens with zero attached hydrogens (tertiary/aromatic N) is 1. The Morgan fingerprint density at radius 1 is 1.43 bits per heavy atom. The van der Waals surface area contributed by atoms with Gasteiger partial charge in [0.2, 0.25) is 0 Å². The van der Waals surface area contributed by atoms with Gasteiger partial charge in [0.15, 0.2) is 0 Å². The second kappa shape index (κ2) is 10.9. The van der Waals surface area contributed by atoms with Crippen molar-refractivity contribution in [1.82, 2.24) is 0 Å². The number of thioether (sulfide) groups is 3. The van der Waals surface area contributed by atoms with Crippen LogP contribution in [0.25, 0.3) is 0 Å². The molecule has 0 radical (unpaired) electrons. The summed E-state index contributed by atoms with van der Waals surface area (Å²) in [5, 5.41) is 3.42. The van der Waals surface area contributed by atoms with Crippen molar-refractivity contribution >= 4 is 40.3 Å². The summed E-state index contributed by atoms with van der Waals surface area (Å²) >= 11 is 5.18. The van der Waals surface area contributed by atoms with E-state index in [4.69, 9.17) is 0 Å². The van der Waals surface area contributed by atoms with Crippen LogP contribution in [0.1, 0.15) is 26.7 Å². The summed E-state index contributed by atoms with van der Waals surface area (Å²) in [6, 6.07) is 11.7. The van der Waals surface area contributed by atoms with Gasteiger partial charge in [0.1, 0.15) is 0 Å². The molecule has 21 heavy (non-hydrogen) atoms. The van der Waals surface area contributed by atoms with Crippen molar-refractivity contribution in [2.45, 2.75) is 31.6 Å². The van der Waals surface area contributed by atoms with Crippen molar-refractivity contribution in [2.75, 3.05) is 12.8 Å². The van der Waals surface area contributed by atoms with E-state index in [0.29, 0.717) is 0 Å². The van der Waals surface area contributed by atoms with Gasteiger partial charge >= 0.3 is 0 Å². The lowest BCUT2D eigenvalue weighted by atomic mass is 10.4. The van der Waals surface area contributed by atoms with Gasteiger partial charge < -0.3 is 0 Å². The standard InChI is InChI=1S/C17H21NS3/c1-5-9-17(18-4)20-13-14(2)12-19-15(3)21-16-10-7-6-8-11-16/h7,10-12H,3,5,9,13H2,1-2,4H3/b14-12+,18-17?. The van der Waals surface area contributed by atoms with E-state index in [-0.39, 0.29) is 0 Å². The Morgan fingerprint density at radius 2 is 2.24 bits per heavy atom. The molecule has 1 nitrogen and oxygen atoms in total. The number of hydrogen-bond donors (Lipinski definition) is 0. The summed E-state index contributed by atoms with van der Waals surface area (Å²) in [4.78, 5) is 5.47. The van der Waals surface area contributed by atoms with Crippen molar-refractivity contribution in [1.29, 1.82) is 0 Å². The highest BCUT2D eigenvalue weighted by atomic mass is 32.2. The number of rotatable bonds is 8. The fourth-order valence-electron chi connectivity index (χ4n) is 1.41. The highest BCUT2D eigenvalue weighted by Gasteiger charge is 2.01. The molecule has 0 aliphatic carbocycles. The molecule has 4 heteroatoms. The molecule has 0 saturated carbocycles. The lowest BCUT2D eigenvalue weighted by Crippen LogP contribution is -1.94. The predicted octanol–water partition coefficient (Wildman–Crippen LogP) is 6.05. The molecule has 0 amide bonds. The topological polar surface area (TPSA) is 12.4 Å². The van der Waals surface area contributed by atoms with Gasteiger partial charge in [-0.05, 0) is 30.9 Å². The Balaban J connectivity index is 2.36. The molecule has 0 aromatic heterocycles. The molecule has 112 valence electrons. The van der Waals surface area contributed by atoms with Crippen LogP contribution in [0.3, 0.4) is 0 Å². The van der Waals surface area contributed by atoms with Gasteiger partial charge in [-0.1, -0.05) is 61.2 Å². The van der Waals surface area contributed by atoms with Crippen molar-refractivity contribution < 1.29 is 0 Å². The molecule has 0 fully saturated rings. The van der Waals surface area contributed by atoms with Gasteiger partial charge in [0, 0.05) is 28.0 Å². The third-order valence-corrected chi connectivity index (χ3v) is 5.79. The van der Waals surface area contributed by atoms with E-state index in [9.17, 15) is 0 Å². The average Bonchev–Trinajstić information content (AvgIpc) is 2.50. The van der Waals surface area contributed by atoms with Gasteiger partial charge in [-0.25, -0.2) is 0 Å². The highest BCUT2D eigenvalue weighted by Crippen LogP contribution is 2.34. The molecular formula is C17H21NS3. The quantitative estimate of drug-likeness (QED) is 0.326. The first-order valence-electron chi connectivity index (χ1n) is 6.81. The zero-order valence-corrected chi connectivity index (χ0v) is 15.3. The van der Waals surface area contributed by atoms with Crippen LogP contribution in [-0.4, -0.2) is 17.8 Å². The van der Waals surface area contributed by atoms with Crippen LogP contribution < -0.4 is 0 Å². The van der Waals surface area contributed by atoms with E-state index in [1.807, 2.05) is 37.0 Å². The van der Waals surface area contributed by atoms with Crippen LogP contribution in [0.15, 0.2) is 49.9 Å². The maximum Gasteiger partial charge on any atom is 0.0675 e. The first kappa shape index (κ1) is 18.3. The maximum atomic E-state index is 4.32. The number of aliphatic imine (C=N–C) groups is 1. The van der Waals surface area contributed by atoms with Gasteiger partial charge in [0.25, 0.3) is 0 Å². The van der Waals surface area contributed by atoms with E-state index in [2.05, 4.69) is 43.0 Å². The first-order valence-corrected chi connectivity index (χ1v) is 9.49. The fourth-order valence-corrected chi connectivity index (χ4v) is 4.03. The molecule has 0 atom stereocenters. The molecule has 0 aliphatic heterocycles. The second-order valence-electron chi connectivity index (χ2n) is 4.38. The van der Waals surface area contributed by atoms with Gasteiger partial charge in [-0.15, -0.1) is 11.8 Å². The van der Waals surface area contributed by atoms with Crippen LogP contribution in [0.5, 0.6) is 0 Å².